The van der Waals surface area contributed by atoms with Crippen LogP contribution in [-0.4, -0.2) is 27.0 Å². The molecule has 1 N–H and O–H groups in total. The van der Waals surface area contributed by atoms with Crippen LogP contribution in [0.1, 0.15) is 12.2 Å². The fourth-order valence-electron chi connectivity index (χ4n) is 2.12. The van der Waals surface area contributed by atoms with Crippen molar-refractivity contribution in [3.8, 4) is 16.5 Å². The predicted molar refractivity (Wildman–Crippen MR) is 89.9 cm³/mol. The molecule has 0 spiro atoms. The van der Waals surface area contributed by atoms with Gasteiger partial charge in [-0.3, -0.25) is 14.7 Å². The van der Waals surface area contributed by atoms with Crippen LogP contribution < -0.4 is 10.1 Å². The third-order valence-corrected chi connectivity index (χ3v) is 4.31. The number of imidazole rings is 1. The van der Waals surface area contributed by atoms with Crippen LogP contribution in [-0.2, 0) is 4.79 Å². The Balaban J connectivity index is 1.68. The number of hydrogen-bond acceptors (Lipinski definition) is 5. The summed E-state index contributed by atoms with van der Waals surface area (Å²) in [4.78, 5) is 20.6. The number of anilines is 1. The lowest BCUT2D eigenvalue weighted by Crippen LogP contribution is -2.20. The van der Waals surface area contributed by atoms with E-state index in [1.54, 1.807) is 31.2 Å². The van der Waals surface area contributed by atoms with Crippen LogP contribution in [0.5, 0.6) is 5.75 Å². The van der Waals surface area contributed by atoms with E-state index in [0.29, 0.717) is 21.5 Å². The van der Waals surface area contributed by atoms with Gasteiger partial charge in [0.1, 0.15) is 5.75 Å². The Morgan fingerprint density at radius 1 is 1.36 bits per heavy atom. The van der Waals surface area contributed by atoms with Gasteiger partial charge in [-0.1, -0.05) is 29.5 Å². The number of amides is 1. The average molecular weight is 364 g/mol. The Morgan fingerprint density at radius 3 is 2.84 bits per heavy atom. The number of carbonyl (C=O) groups is 1. The molecule has 0 radical (unpaired) electrons. The van der Waals surface area contributed by atoms with Gasteiger partial charge in [0.25, 0.3) is 5.91 Å². The molecule has 0 fully saturated rings. The lowest BCUT2D eigenvalue weighted by atomic mass is 10.3. The van der Waals surface area contributed by atoms with E-state index in [0.717, 1.165) is 15.9 Å². The molecule has 2 aromatic heterocycles. The molecule has 130 valence electrons. The largest absolute Gasteiger partial charge is 0.484 e. The molecule has 9 heteroatoms. The van der Waals surface area contributed by atoms with Gasteiger partial charge in [0.05, 0.1) is 10.6 Å². The molecule has 3 rings (SSSR count). The number of halogens is 2. The summed E-state index contributed by atoms with van der Waals surface area (Å²) < 4.78 is 32.1. The maximum absolute atomic E-state index is 13.0. The number of hydrogen-bond donors (Lipinski definition) is 1. The van der Waals surface area contributed by atoms with Crippen LogP contribution in [0, 0.1) is 6.92 Å². The van der Waals surface area contributed by atoms with Gasteiger partial charge in [-0.05, 0) is 19.1 Å². The summed E-state index contributed by atoms with van der Waals surface area (Å²) in [5.74, 6) is 0.306. The van der Waals surface area contributed by atoms with Crippen molar-refractivity contribution in [2.24, 2.45) is 0 Å². The topological polar surface area (TPSA) is 69.0 Å². The molecule has 0 saturated heterocycles. The third-order valence-electron chi connectivity index (χ3n) is 3.24. The fourth-order valence-corrected chi connectivity index (χ4v) is 3.11. The number of carbonyl (C=O) groups excluding carboxylic acids is 1. The van der Waals surface area contributed by atoms with Gasteiger partial charge in [0.15, 0.2) is 17.6 Å². The van der Waals surface area contributed by atoms with Crippen molar-refractivity contribution in [1.82, 2.24) is 14.5 Å². The second-order valence-electron chi connectivity index (χ2n) is 5.02. The third kappa shape index (κ3) is 4.00. The average Bonchev–Trinajstić information content (AvgIpc) is 3.20. The number of benzene rings is 1. The molecule has 3 aromatic rings. The van der Waals surface area contributed by atoms with Gasteiger partial charge < -0.3 is 4.74 Å². The molecule has 0 bridgehead atoms. The lowest BCUT2D eigenvalue weighted by Gasteiger charge is -2.05. The number of rotatable bonds is 6. The number of aromatic nitrogens is 3. The summed E-state index contributed by atoms with van der Waals surface area (Å²) in [6, 6.07) is 8.92. The summed E-state index contributed by atoms with van der Waals surface area (Å²) in [7, 11) is 0. The SMILES string of the molecule is Cc1nc(NC(=O)COc2ccccc2)sc1-c1nccn1C(F)F. The van der Waals surface area contributed by atoms with Crippen LogP contribution >= 0.6 is 11.3 Å². The van der Waals surface area contributed by atoms with Crippen molar-refractivity contribution in [2.75, 3.05) is 11.9 Å². The second-order valence-corrected chi connectivity index (χ2v) is 6.02. The van der Waals surface area contributed by atoms with E-state index in [2.05, 4.69) is 15.3 Å². The summed E-state index contributed by atoms with van der Waals surface area (Å²) >= 11 is 1.08. The smallest absolute Gasteiger partial charge is 0.320 e. The fraction of sp³-hybridized carbons (Fsp3) is 0.188. The molecule has 1 aromatic carbocycles. The molecule has 1 amide bonds. The van der Waals surface area contributed by atoms with Crippen molar-refractivity contribution in [2.45, 2.75) is 13.5 Å². The monoisotopic (exact) mass is 364 g/mol. The van der Waals surface area contributed by atoms with E-state index in [-0.39, 0.29) is 18.3 Å². The Morgan fingerprint density at radius 2 is 2.12 bits per heavy atom. The van der Waals surface area contributed by atoms with Crippen molar-refractivity contribution in [1.29, 1.82) is 0 Å². The molecule has 25 heavy (non-hydrogen) atoms. The molecule has 0 saturated carbocycles. The zero-order valence-corrected chi connectivity index (χ0v) is 14.0. The summed E-state index contributed by atoms with van der Waals surface area (Å²) in [6.45, 7) is -1.20. The molecule has 6 nitrogen and oxygen atoms in total. The van der Waals surface area contributed by atoms with Gasteiger partial charge in [-0.15, -0.1) is 0 Å². The van der Waals surface area contributed by atoms with E-state index < -0.39 is 6.55 Å². The number of para-hydroxylation sites is 1. The van der Waals surface area contributed by atoms with Gasteiger partial charge in [-0.25, -0.2) is 9.97 Å². The first-order valence-corrected chi connectivity index (χ1v) is 8.12. The number of nitrogens with zero attached hydrogens (tertiary/aromatic N) is 3. The van der Waals surface area contributed by atoms with Gasteiger partial charge in [0, 0.05) is 12.4 Å². The highest BCUT2D eigenvalue weighted by atomic mass is 32.1. The van der Waals surface area contributed by atoms with Crippen LogP contribution in [0.3, 0.4) is 0 Å². The number of nitrogens with one attached hydrogen (secondary N) is 1. The summed E-state index contributed by atoms with van der Waals surface area (Å²) in [6.07, 6.45) is 2.50. The molecule has 2 heterocycles. The first kappa shape index (κ1) is 17.0. The highest BCUT2D eigenvalue weighted by molar-refractivity contribution is 7.19. The van der Waals surface area contributed by atoms with Gasteiger partial charge in [0.2, 0.25) is 0 Å². The van der Waals surface area contributed by atoms with Crippen LogP contribution in [0.15, 0.2) is 42.7 Å². The number of aryl methyl sites for hydroxylation is 1. The Bertz CT molecular complexity index is 864. The molecule has 0 aliphatic carbocycles. The quantitative estimate of drug-likeness (QED) is 0.724. The van der Waals surface area contributed by atoms with E-state index in [1.165, 1.54) is 12.4 Å². The molecular formula is C16H14F2N4O2S. The maximum Gasteiger partial charge on any atom is 0.320 e. The maximum atomic E-state index is 13.0. The zero-order valence-electron chi connectivity index (χ0n) is 13.1. The van der Waals surface area contributed by atoms with E-state index >= 15 is 0 Å². The molecule has 0 unspecified atom stereocenters. The van der Waals surface area contributed by atoms with E-state index in [9.17, 15) is 13.6 Å². The van der Waals surface area contributed by atoms with Crippen molar-refractivity contribution in [3.63, 3.8) is 0 Å². The first-order chi connectivity index (χ1) is 12.0. The van der Waals surface area contributed by atoms with E-state index in [4.69, 9.17) is 4.74 Å². The van der Waals surface area contributed by atoms with Gasteiger partial charge in [-0.2, -0.15) is 8.78 Å². The van der Waals surface area contributed by atoms with Crippen molar-refractivity contribution < 1.29 is 18.3 Å². The zero-order chi connectivity index (χ0) is 17.8. The second kappa shape index (κ2) is 7.39. The number of thiazole rings is 1. The standard InChI is InChI=1S/C16H14F2N4O2S/c1-10-13(14-19-7-8-22(14)15(17)18)25-16(20-10)21-12(23)9-24-11-5-3-2-4-6-11/h2-8,15H,9H2,1H3,(H,20,21,23). The Hall–Kier alpha value is -2.81. The highest BCUT2D eigenvalue weighted by Gasteiger charge is 2.19. The van der Waals surface area contributed by atoms with Crippen LogP contribution in [0.2, 0.25) is 0 Å². The Kier molecular flexibility index (Phi) is 5.03. The van der Waals surface area contributed by atoms with E-state index in [1.807, 2.05) is 6.07 Å². The Labute approximate surface area is 146 Å². The minimum absolute atomic E-state index is 0.117. The molecular weight excluding hydrogens is 350 g/mol. The summed E-state index contributed by atoms with van der Waals surface area (Å²) in [5.41, 5.74) is 0.511. The predicted octanol–water partition coefficient (Wildman–Crippen LogP) is 3.73. The molecule has 0 aliphatic rings. The first-order valence-electron chi connectivity index (χ1n) is 7.31. The lowest BCUT2D eigenvalue weighted by molar-refractivity contribution is -0.118. The number of alkyl halides is 2. The normalized spacial score (nSPS) is 10.9. The molecule has 0 atom stereocenters. The van der Waals surface area contributed by atoms with Crippen molar-refractivity contribution >= 4 is 22.4 Å². The highest BCUT2D eigenvalue weighted by Crippen LogP contribution is 2.33. The minimum Gasteiger partial charge on any atom is -0.484 e. The minimum atomic E-state index is -2.70. The van der Waals surface area contributed by atoms with Crippen molar-refractivity contribution in [3.05, 3.63) is 48.4 Å². The van der Waals surface area contributed by atoms with Gasteiger partial charge >= 0.3 is 6.55 Å². The van der Waals surface area contributed by atoms with Crippen LogP contribution in [0.4, 0.5) is 13.9 Å². The molecule has 0 aliphatic heterocycles. The van der Waals surface area contributed by atoms with Crippen LogP contribution in [0.25, 0.3) is 10.7 Å². The summed E-state index contributed by atoms with van der Waals surface area (Å²) in [5, 5.41) is 2.91. The number of ether oxygens (including phenoxy) is 1.